The Hall–Kier alpha value is -0.450. The van der Waals surface area contributed by atoms with Gasteiger partial charge in [0, 0.05) is 25.1 Å². The Bertz CT molecular complexity index is 260. The summed E-state index contributed by atoms with van der Waals surface area (Å²) in [5, 5.41) is 4.44. The molecule has 0 amide bonds. The molecule has 1 heterocycles. The Morgan fingerprint density at radius 3 is 2.77 bits per heavy atom. The number of nitrogens with one attached hydrogen (secondary N) is 1. The molecule has 0 aromatic carbocycles. The fraction of sp³-hybridized carbons (Fsp3) is 0.667. The summed E-state index contributed by atoms with van der Waals surface area (Å²) < 4.78 is 4.94. The monoisotopic (exact) mass is 200 g/mol. The Morgan fingerprint density at radius 2 is 2.23 bits per heavy atom. The molecule has 0 spiro atoms. The van der Waals surface area contributed by atoms with Crippen molar-refractivity contribution in [2.75, 3.05) is 20.3 Å². The van der Waals surface area contributed by atoms with Crippen LogP contribution in [0.3, 0.4) is 0 Å². The summed E-state index contributed by atoms with van der Waals surface area (Å²) >= 11 is 1.76. The Morgan fingerprint density at radius 1 is 1.46 bits per heavy atom. The van der Waals surface area contributed by atoms with Crippen molar-refractivity contribution in [3.05, 3.63) is 15.6 Å². The third-order valence-electron chi connectivity index (χ3n) is 1.77. The predicted molar refractivity (Wildman–Crippen MR) is 55.2 cm³/mol. The summed E-state index contributed by atoms with van der Waals surface area (Å²) in [7, 11) is 1.71. The second-order valence-corrected chi connectivity index (χ2v) is 4.20. The number of hydrogen-bond donors (Lipinski definition) is 1. The minimum absolute atomic E-state index is 0.761. The highest BCUT2D eigenvalue weighted by Crippen LogP contribution is 2.16. The molecule has 0 radical (unpaired) electrons. The van der Waals surface area contributed by atoms with E-state index in [1.54, 1.807) is 18.4 Å². The zero-order chi connectivity index (χ0) is 9.68. The van der Waals surface area contributed by atoms with E-state index in [0.717, 1.165) is 30.4 Å². The van der Waals surface area contributed by atoms with Crippen LogP contribution in [0.5, 0.6) is 0 Å². The van der Waals surface area contributed by atoms with Crippen LogP contribution in [-0.2, 0) is 11.3 Å². The van der Waals surface area contributed by atoms with Gasteiger partial charge in [-0.05, 0) is 13.8 Å². The van der Waals surface area contributed by atoms with Crippen molar-refractivity contribution < 1.29 is 4.74 Å². The number of hydrogen-bond acceptors (Lipinski definition) is 4. The highest BCUT2D eigenvalue weighted by atomic mass is 32.1. The number of aromatic nitrogens is 1. The van der Waals surface area contributed by atoms with Gasteiger partial charge in [0.2, 0.25) is 0 Å². The number of nitrogens with zero attached hydrogens (tertiary/aromatic N) is 1. The van der Waals surface area contributed by atoms with Crippen LogP contribution in [0.2, 0.25) is 0 Å². The lowest BCUT2D eigenvalue weighted by atomic mass is 10.4. The van der Waals surface area contributed by atoms with Crippen LogP contribution in [0.4, 0.5) is 0 Å². The van der Waals surface area contributed by atoms with E-state index in [1.807, 2.05) is 6.92 Å². The van der Waals surface area contributed by atoms with Crippen LogP contribution in [0, 0.1) is 13.8 Å². The maximum Gasteiger partial charge on any atom is 0.0900 e. The molecule has 1 rings (SSSR count). The molecule has 0 bridgehead atoms. The fourth-order valence-corrected chi connectivity index (χ4v) is 2.02. The standard InChI is InChI=1S/C9H16N2OS/c1-7-9(13-8(2)11-7)6-10-4-5-12-3/h10H,4-6H2,1-3H3. The van der Waals surface area contributed by atoms with Gasteiger partial charge in [0.05, 0.1) is 17.3 Å². The molecule has 0 aliphatic rings. The second kappa shape index (κ2) is 5.32. The molecular formula is C9H16N2OS. The van der Waals surface area contributed by atoms with Gasteiger partial charge in [-0.25, -0.2) is 4.98 Å². The first-order valence-corrected chi connectivity index (χ1v) is 5.18. The van der Waals surface area contributed by atoms with Gasteiger partial charge in [-0.15, -0.1) is 11.3 Å². The molecule has 74 valence electrons. The Labute approximate surface area is 83.1 Å². The Kier molecular flexibility index (Phi) is 4.35. The summed E-state index contributed by atoms with van der Waals surface area (Å²) in [6.07, 6.45) is 0. The lowest BCUT2D eigenvalue weighted by Gasteiger charge is -2.01. The van der Waals surface area contributed by atoms with E-state index in [-0.39, 0.29) is 0 Å². The predicted octanol–water partition coefficient (Wildman–Crippen LogP) is 1.50. The van der Waals surface area contributed by atoms with Crippen LogP contribution in [0.1, 0.15) is 15.6 Å². The molecule has 0 fully saturated rings. The quantitative estimate of drug-likeness (QED) is 0.731. The van der Waals surface area contributed by atoms with Crippen LogP contribution < -0.4 is 5.32 Å². The maximum atomic E-state index is 4.94. The minimum Gasteiger partial charge on any atom is -0.383 e. The van der Waals surface area contributed by atoms with Gasteiger partial charge in [-0.3, -0.25) is 0 Å². The molecule has 13 heavy (non-hydrogen) atoms. The molecule has 0 unspecified atom stereocenters. The zero-order valence-corrected chi connectivity index (χ0v) is 9.20. The number of ether oxygens (including phenoxy) is 1. The van der Waals surface area contributed by atoms with Crippen molar-refractivity contribution in [2.24, 2.45) is 0 Å². The van der Waals surface area contributed by atoms with Crippen LogP contribution in [0.15, 0.2) is 0 Å². The smallest absolute Gasteiger partial charge is 0.0900 e. The molecule has 3 nitrogen and oxygen atoms in total. The van der Waals surface area contributed by atoms with E-state index in [0.29, 0.717) is 0 Å². The molecule has 0 aliphatic carbocycles. The van der Waals surface area contributed by atoms with Crippen molar-refractivity contribution in [1.29, 1.82) is 0 Å². The number of methoxy groups -OCH3 is 1. The molecule has 4 heteroatoms. The fourth-order valence-electron chi connectivity index (χ4n) is 1.11. The molecule has 0 saturated heterocycles. The molecular weight excluding hydrogens is 184 g/mol. The van der Waals surface area contributed by atoms with Crippen molar-refractivity contribution in [3.8, 4) is 0 Å². The van der Waals surface area contributed by atoms with Crippen LogP contribution in [-0.4, -0.2) is 25.2 Å². The van der Waals surface area contributed by atoms with Crippen molar-refractivity contribution in [2.45, 2.75) is 20.4 Å². The third kappa shape index (κ3) is 3.42. The maximum absolute atomic E-state index is 4.94. The summed E-state index contributed by atoms with van der Waals surface area (Å²) in [6, 6.07) is 0. The lowest BCUT2D eigenvalue weighted by molar-refractivity contribution is 0.199. The van der Waals surface area contributed by atoms with E-state index < -0.39 is 0 Å². The largest absolute Gasteiger partial charge is 0.383 e. The normalized spacial score (nSPS) is 10.7. The molecule has 1 aromatic heterocycles. The average Bonchev–Trinajstić information content (AvgIpc) is 2.39. The van der Waals surface area contributed by atoms with E-state index in [9.17, 15) is 0 Å². The highest BCUT2D eigenvalue weighted by Gasteiger charge is 2.02. The van der Waals surface area contributed by atoms with Gasteiger partial charge < -0.3 is 10.1 Å². The third-order valence-corrected chi connectivity index (χ3v) is 2.84. The van der Waals surface area contributed by atoms with Crippen molar-refractivity contribution >= 4 is 11.3 Å². The summed E-state index contributed by atoms with van der Waals surface area (Å²) in [6.45, 7) is 6.65. The molecule has 0 aliphatic heterocycles. The van der Waals surface area contributed by atoms with Gasteiger partial charge >= 0.3 is 0 Å². The summed E-state index contributed by atoms with van der Waals surface area (Å²) in [5.41, 5.74) is 1.15. The molecule has 1 aromatic rings. The zero-order valence-electron chi connectivity index (χ0n) is 8.39. The van der Waals surface area contributed by atoms with Crippen LogP contribution >= 0.6 is 11.3 Å². The minimum atomic E-state index is 0.761. The number of aryl methyl sites for hydroxylation is 2. The first-order chi connectivity index (χ1) is 6.24. The van der Waals surface area contributed by atoms with Gasteiger partial charge in [0.25, 0.3) is 0 Å². The summed E-state index contributed by atoms with van der Waals surface area (Å²) in [4.78, 5) is 5.68. The number of rotatable bonds is 5. The second-order valence-electron chi connectivity index (χ2n) is 2.91. The first kappa shape index (κ1) is 10.6. The molecule has 0 atom stereocenters. The van der Waals surface area contributed by atoms with E-state index >= 15 is 0 Å². The first-order valence-electron chi connectivity index (χ1n) is 4.36. The Balaban J connectivity index is 2.32. The molecule has 1 N–H and O–H groups in total. The van der Waals surface area contributed by atoms with Crippen molar-refractivity contribution in [3.63, 3.8) is 0 Å². The van der Waals surface area contributed by atoms with Gasteiger partial charge in [0.15, 0.2) is 0 Å². The summed E-state index contributed by atoms with van der Waals surface area (Å²) in [5.74, 6) is 0. The van der Waals surface area contributed by atoms with Gasteiger partial charge in [0.1, 0.15) is 0 Å². The van der Waals surface area contributed by atoms with Gasteiger partial charge in [-0.1, -0.05) is 0 Å². The van der Waals surface area contributed by atoms with E-state index in [1.165, 1.54) is 4.88 Å². The van der Waals surface area contributed by atoms with Crippen LogP contribution in [0.25, 0.3) is 0 Å². The highest BCUT2D eigenvalue weighted by molar-refractivity contribution is 7.11. The lowest BCUT2D eigenvalue weighted by Crippen LogP contribution is -2.18. The van der Waals surface area contributed by atoms with E-state index in [4.69, 9.17) is 4.74 Å². The topological polar surface area (TPSA) is 34.1 Å². The van der Waals surface area contributed by atoms with E-state index in [2.05, 4.69) is 17.2 Å². The molecule has 0 saturated carbocycles. The average molecular weight is 200 g/mol. The van der Waals surface area contributed by atoms with Gasteiger partial charge in [-0.2, -0.15) is 0 Å². The SMILES string of the molecule is COCCNCc1sc(C)nc1C. The number of thiazole rings is 1. The van der Waals surface area contributed by atoms with Crippen molar-refractivity contribution in [1.82, 2.24) is 10.3 Å².